The highest BCUT2D eigenvalue weighted by atomic mass is 32.2. The molecule has 0 spiro atoms. The summed E-state index contributed by atoms with van der Waals surface area (Å²) in [6.45, 7) is -0.585. The van der Waals surface area contributed by atoms with Gasteiger partial charge >= 0.3 is 6.18 Å². The van der Waals surface area contributed by atoms with Crippen molar-refractivity contribution in [1.29, 1.82) is 0 Å². The number of halogens is 3. The summed E-state index contributed by atoms with van der Waals surface area (Å²) in [5.41, 5.74) is -0.212. The predicted octanol–water partition coefficient (Wildman–Crippen LogP) is 3.26. The first-order valence-corrected chi connectivity index (χ1v) is 10.7. The Kier molecular flexibility index (Phi) is 6.37. The number of carbonyl (C=O) groups is 1. The van der Waals surface area contributed by atoms with Crippen LogP contribution >= 0.6 is 0 Å². The van der Waals surface area contributed by atoms with Crippen molar-refractivity contribution in [2.24, 2.45) is 5.92 Å². The normalized spacial score (nSPS) is 15.5. The average Bonchev–Trinajstić information content (AvgIpc) is 3.55. The summed E-state index contributed by atoms with van der Waals surface area (Å²) in [7, 11) is -2.73. The van der Waals surface area contributed by atoms with Crippen LogP contribution in [0.5, 0.6) is 5.75 Å². The molecule has 1 fully saturated rings. The van der Waals surface area contributed by atoms with E-state index in [0.29, 0.717) is 11.8 Å². The van der Waals surface area contributed by atoms with Crippen LogP contribution in [0.2, 0.25) is 0 Å². The number of methoxy groups -OCH3 is 1. The number of hydrogen-bond donors (Lipinski definition) is 2. The molecule has 0 aromatic heterocycles. The Balaban J connectivity index is 1.65. The molecular formula is C20H21F3N2O4S. The summed E-state index contributed by atoms with van der Waals surface area (Å²) in [6.07, 6.45) is -2.79. The lowest BCUT2D eigenvalue weighted by Gasteiger charge is -2.19. The van der Waals surface area contributed by atoms with Crippen LogP contribution in [0.15, 0.2) is 53.4 Å². The van der Waals surface area contributed by atoms with Gasteiger partial charge in [0.2, 0.25) is 15.9 Å². The molecule has 2 aromatic rings. The van der Waals surface area contributed by atoms with Crippen molar-refractivity contribution in [3.63, 3.8) is 0 Å². The Hall–Kier alpha value is -2.59. The van der Waals surface area contributed by atoms with E-state index in [0.717, 1.165) is 36.6 Å². The first-order chi connectivity index (χ1) is 14.1. The minimum Gasteiger partial charge on any atom is -0.497 e. The van der Waals surface area contributed by atoms with Crippen LogP contribution in [-0.2, 0) is 21.0 Å². The SMILES string of the molecule is COc1ccc(C(NC(=O)CNS(=O)(=O)c2cccc(C(F)(F)F)c2)C2CC2)cc1. The zero-order valence-electron chi connectivity index (χ0n) is 16.1. The van der Waals surface area contributed by atoms with E-state index in [1.165, 1.54) is 0 Å². The van der Waals surface area contributed by atoms with Gasteiger partial charge < -0.3 is 10.1 Å². The van der Waals surface area contributed by atoms with E-state index in [2.05, 4.69) is 10.0 Å². The molecule has 3 rings (SSSR count). The molecule has 1 aliphatic rings. The lowest BCUT2D eigenvalue weighted by molar-refractivity contribution is -0.137. The van der Waals surface area contributed by atoms with E-state index in [9.17, 15) is 26.4 Å². The summed E-state index contributed by atoms with van der Waals surface area (Å²) >= 11 is 0. The monoisotopic (exact) mass is 442 g/mol. The average molecular weight is 442 g/mol. The van der Waals surface area contributed by atoms with Crippen LogP contribution in [0.1, 0.15) is 30.0 Å². The van der Waals surface area contributed by atoms with E-state index < -0.39 is 39.1 Å². The maximum atomic E-state index is 12.8. The summed E-state index contributed by atoms with van der Waals surface area (Å²) in [6, 6.07) is 10.3. The third-order valence-electron chi connectivity index (χ3n) is 4.78. The largest absolute Gasteiger partial charge is 0.497 e. The Labute approximate surface area is 172 Å². The van der Waals surface area contributed by atoms with Gasteiger partial charge in [-0.05, 0) is 54.7 Å². The number of amides is 1. The molecule has 1 saturated carbocycles. The van der Waals surface area contributed by atoms with Crippen molar-refractivity contribution >= 4 is 15.9 Å². The molecule has 6 nitrogen and oxygen atoms in total. The molecule has 0 radical (unpaired) electrons. The van der Waals surface area contributed by atoms with Crippen molar-refractivity contribution in [3.05, 3.63) is 59.7 Å². The maximum absolute atomic E-state index is 12.8. The number of benzene rings is 2. The molecule has 0 saturated heterocycles. The third kappa shape index (κ3) is 5.51. The molecule has 1 aliphatic carbocycles. The second kappa shape index (κ2) is 8.65. The van der Waals surface area contributed by atoms with Gasteiger partial charge in [0, 0.05) is 0 Å². The Bertz CT molecular complexity index is 1000. The van der Waals surface area contributed by atoms with Crippen molar-refractivity contribution < 1.29 is 31.1 Å². The summed E-state index contributed by atoms with van der Waals surface area (Å²) in [4.78, 5) is 11.8. The highest BCUT2D eigenvalue weighted by Gasteiger charge is 2.34. The zero-order chi connectivity index (χ0) is 21.9. The number of sulfonamides is 1. The number of hydrogen-bond acceptors (Lipinski definition) is 4. The fourth-order valence-corrected chi connectivity index (χ4v) is 4.05. The standard InChI is InChI=1S/C20H21F3N2O4S/c1-29-16-9-7-14(8-10-16)19(13-5-6-13)25-18(26)12-24-30(27,28)17-4-2-3-15(11-17)20(21,22)23/h2-4,7-11,13,19,24H,5-6,12H2,1H3,(H,25,26). The predicted molar refractivity (Wildman–Crippen MR) is 103 cm³/mol. The molecule has 0 heterocycles. The van der Waals surface area contributed by atoms with Crippen LogP contribution in [0.3, 0.4) is 0 Å². The van der Waals surface area contributed by atoms with Crippen molar-refractivity contribution in [1.82, 2.24) is 10.0 Å². The van der Waals surface area contributed by atoms with Gasteiger partial charge in [-0.1, -0.05) is 18.2 Å². The van der Waals surface area contributed by atoms with Crippen molar-refractivity contribution in [2.45, 2.75) is 30.0 Å². The molecule has 2 aromatic carbocycles. The molecule has 1 unspecified atom stereocenters. The Morgan fingerprint density at radius 1 is 1.17 bits per heavy atom. The first-order valence-electron chi connectivity index (χ1n) is 9.20. The van der Waals surface area contributed by atoms with Gasteiger partial charge in [0.1, 0.15) is 5.75 Å². The first kappa shape index (κ1) is 22.1. The van der Waals surface area contributed by atoms with Crippen LogP contribution in [0.25, 0.3) is 0 Å². The molecular weight excluding hydrogens is 421 g/mol. The van der Waals surface area contributed by atoms with Gasteiger partial charge in [0.05, 0.1) is 30.2 Å². The van der Waals surface area contributed by atoms with Gasteiger partial charge in [-0.15, -0.1) is 0 Å². The van der Waals surface area contributed by atoms with Gasteiger partial charge in [0.15, 0.2) is 0 Å². The van der Waals surface area contributed by atoms with Crippen LogP contribution < -0.4 is 14.8 Å². The second-order valence-electron chi connectivity index (χ2n) is 7.01. The molecule has 0 bridgehead atoms. The van der Waals surface area contributed by atoms with Crippen molar-refractivity contribution in [2.75, 3.05) is 13.7 Å². The van der Waals surface area contributed by atoms with Gasteiger partial charge in [-0.3, -0.25) is 4.79 Å². The highest BCUT2D eigenvalue weighted by Crippen LogP contribution is 2.41. The number of alkyl halides is 3. The minimum atomic E-state index is -4.67. The Morgan fingerprint density at radius 2 is 1.83 bits per heavy atom. The molecule has 1 amide bonds. The smallest absolute Gasteiger partial charge is 0.416 e. The fraction of sp³-hybridized carbons (Fsp3) is 0.350. The second-order valence-corrected chi connectivity index (χ2v) is 8.77. The minimum absolute atomic E-state index is 0.252. The summed E-state index contributed by atoms with van der Waals surface area (Å²) in [5, 5.41) is 2.81. The number of ether oxygens (including phenoxy) is 1. The van der Waals surface area contributed by atoms with Crippen LogP contribution in [0, 0.1) is 5.92 Å². The molecule has 2 N–H and O–H groups in total. The number of carbonyl (C=O) groups excluding carboxylic acids is 1. The van der Waals surface area contributed by atoms with E-state index in [1.807, 2.05) is 12.1 Å². The lowest BCUT2D eigenvalue weighted by Crippen LogP contribution is -2.39. The van der Waals surface area contributed by atoms with Gasteiger partial charge in [-0.25, -0.2) is 13.1 Å². The molecule has 30 heavy (non-hydrogen) atoms. The summed E-state index contributed by atoms with van der Waals surface area (Å²) in [5.74, 6) is 0.356. The van der Waals surface area contributed by atoms with Gasteiger partial charge in [0.25, 0.3) is 0 Å². The van der Waals surface area contributed by atoms with Gasteiger partial charge in [-0.2, -0.15) is 13.2 Å². The summed E-state index contributed by atoms with van der Waals surface area (Å²) < 4.78 is 70.3. The quantitative estimate of drug-likeness (QED) is 0.657. The van der Waals surface area contributed by atoms with Crippen LogP contribution in [-0.4, -0.2) is 28.0 Å². The maximum Gasteiger partial charge on any atom is 0.416 e. The topological polar surface area (TPSA) is 84.5 Å². The fourth-order valence-electron chi connectivity index (χ4n) is 3.02. The molecule has 162 valence electrons. The number of rotatable bonds is 8. The molecule has 0 aliphatic heterocycles. The highest BCUT2D eigenvalue weighted by molar-refractivity contribution is 7.89. The third-order valence-corrected chi connectivity index (χ3v) is 6.18. The lowest BCUT2D eigenvalue weighted by atomic mass is 10.0. The zero-order valence-corrected chi connectivity index (χ0v) is 16.9. The van der Waals surface area contributed by atoms with Crippen molar-refractivity contribution in [3.8, 4) is 5.75 Å². The van der Waals surface area contributed by atoms with E-state index in [-0.39, 0.29) is 12.0 Å². The molecule has 10 heteroatoms. The van der Waals surface area contributed by atoms with E-state index >= 15 is 0 Å². The molecule has 1 atom stereocenters. The van der Waals surface area contributed by atoms with E-state index in [1.54, 1.807) is 19.2 Å². The number of nitrogens with one attached hydrogen (secondary N) is 2. The van der Waals surface area contributed by atoms with E-state index in [4.69, 9.17) is 4.74 Å². The Morgan fingerprint density at radius 3 is 2.40 bits per heavy atom. The van der Waals surface area contributed by atoms with Crippen LogP contribution in [0.4, 0.5) is 13.2 Å².